The van der Waals surface area contributed by atoms with Gasteiger partial charge in [-0.1, -0.05) is 0 Å². The van der Waals surface area contributed by atoms with Gasteiger partial charge in [0.25, 0.3) is 6.47 Å². The number of nitrogens with one attached hydrogen (secondary N) is 1. The zero-order valence-corrected chi connectivity index (χ0v) is 15.5. The van der Waals surface area contributed by atoms with Gasteiger partial charge in [-0.25, -0.2) is 9.55 Å². The largest absolute Gasteiger partial charge is 0.464 e. The standard InChI is InChI=1S/C7H9N3O4.C6H13NOS2/c1-6-8-4-7(10(12)13)9(6)2-3-14-5-11;1-6(2,10)5(8)7-3-4-9/h4-5H,2-3H2,1H3;9-10H,3-4H2,1-2H3,(H,7,8). The highest BCUT2D eigenvalue weighted by Crippen LogP contribution is 2.12. The van der Waals surface area contributed by atoms with Gasteiger partial charge in [0, 0.05) is 19.2 Å². The number of aryl methyl sites for hydroxylation is 1. The van der Waals surface area contributed by atoms with Crippen molar-refractivity contribution in [3.63, 3.8) is 0 Å². The number of nitro groups is 1. The third-order valence-electron chi connectivity index (χ3n) is 2.67. The first-order valence-electron chi connectivity index (χ1n) is 6.98. The Kier molecular flexibility index (Phi) is 10.1. The van der Waals surface area contributed by atoms with Crippen molar-refractivity contribution in [3.8, 4) is 0 Å². The molecule has 0 unspecified atom stereocenters. The van der Waals surface area contributed by atoms with Crippen molar-refractivity contribution in [2.45, 2.75) is 32.1 Å². The van der Waals surface area contributed by atoms with Crippen LogP contribution in [-0.2, 0) is 20.9 Å². The number of amides is 1. The first-order valence-corrected chi connectivity index (χ1v) is 8.06. The number of ether oxygens (including phenoxy) is 1. The molecule has 1 aromatic rings. The van der Waals surface area contributed by atoms with Crippen LogP contribution < -0.4 is 5.32 Å². The van der Waals surface area contributed by atoms with E-state index in [9.17, 15) is 19.7 Å². The molecule has 0 atom stereocenters. The number of hydrogen-bond acceptors (Lipinski definition) is 8. The molecule has 136 valence electrons. The third kappa shape index (κ3) is 8.20. The molecule has 9 nitrogen and oxygen atoms in total. The number of nitrogens with zero attached hydrogens (tertiary/aromatic N) is 3. The molecule has 1 aromatic heterocycles. The van der Waals surface area contributed by atoms with E-state index in [1.54, 1.807) is 20.8 Å². The molecule has 1 amide bonds. The highest BCUT2D eigenvalue weighted by molar-refractivity contribution is 7.82. The number of carbonyl (C=O) groups is 2. The summed E-state index contributed by atoms with van der Waals surface area (Å²) in [7, 11) is 0. The molecule has 0 aliphatic heterocycles. The second-order valence-electron chi connectivity index (χ2n) is 5.08. The molecule has 1 rings (SSSR count). The zero-order valence-electron chi connectivity index (χ0n) is 13.8. The molecule has 1 N–H and O–H groups in total. The van der Waals surface area contributed by atoms with E-state index in [1.165, 1.54) is 10.8 Å². The predicted octanol–water partition coefficient (Wildman–Crippen LogP) is 1.01. The second kappa shape index (κ2) is 10.9. The van der Waals surface area contributed by atoms with Crippen LogP contribution >= 0.6 is 25.3 Å². The van der Waals surface area contributed by atoms with Crippen molar-refractivity contribution >= 4 is 43.5 Å². The maximum Gasteiger partial charge on any atom is 0.342 e. The predicted molar refractivity (Wildman–Crippen MR) is 95.6 cm³/mol. The summed E-state index contributed by atoms with van der Waals surface area (Å²) in [6.07, 6.45) is 1.18. The molecule has 0 aliphatic rings. The SMILES string of the molecule is CC(C)(S)C(=O)NCCS.Cc1ncc([N+](=O)[O-])n1CCOC=O. The second-order valence-corrected chi connectivity index (χ2v) is 6.64. The Bertz CT molecular complexity index is 557. The molecule has 0 bridgehead atoms. The summed E-state index contributed by atoms with van der Waals surface area (Å²) in [6.45, 7) is 6.40. The summed E-state index contributed by atoms with van der Waals surface area (Å²) < 4.78 is 5.24. The molecule has 0 fully saturated rings. The van der Waals surface area contributed by atoms with Crippen LogP contribution in [0.2, 0.25) is 0 Å². The van der Waals surface area contributed by atoms with Gasteiger partial charge in [-0.2, -0.15) is 25.3 Å². The molecule has 24 heavy (non-hydrogen) atoms. The third-order valence-corrected chi connectivity index (χ3v) is 3.10. The quantitative estimate of drug-likeness (QED) is 0.204. The maximum absolute atomic E-state index is 11.0. The van der Waals surface area contributed by atoms with E-state index in [-0.39, 0.29) is 24.9 Å². The first kappa shape index (κ1) is 22.2. The molecular formula is C13H22N4O5S2. The van der Waals surface area contributed by atoms with Crippen LogP contribution in [-0.4, -0.2) is 50.5 Å². The van der Waals surface area contributed by atoms with E-state index in [1.807, 2.05) is 0 Å². The van der Waals surface area contributed by atoms with E-state index in [2.05, 4.69) is 40.3 Å². The smallest absolute Gasteiger partial charge is 0.342 e. The first-order chi connectivity index (χ1) is 11.1. The molecule has 0 aromatic carbocycles. The Morgan fingerprint density at radius 1 is 1.58 bits per heavy atom. The van der Waals surface area contributed by atoms with Crippen molar-refractivity contribution in [1.82, 2.24) is 14.9 Å². The molecule has 0 radical (unpaired) electrons. The lowest BCUT2D eigenvalue weighted by Crippen LogP contribution is -2.38. The van der Waals surface area contributed by atoms with E-state index in [0.29, 0.717) is 24.6 Å². The summed E-state index contributed by atoms with van der Waals surface area (Å²) in [5, 5.41) is 13.2. The van der Waals surface area contributed by atoms with E-state index >= 15 is 0 Å². The zero-order chi connectivity index (χ0) is 18.8. The maximum atomic E-state index is 11.0. The van der Waals surface area contributed by atoms with Gasteiger partial charge < -0.3 is 20.2 Å². The number of hydrogen-bond donors (Lipinski definition) is 3. The number of rotatable bonds is 8. The van der Waals surface area contributed by atoms with Crippen LogP contribution in [0.15, 0.2) is 6.20 Å². The van der Waals surface area contributed by atoms with Crippen molar-refractivity contribution in [3.05, 3.63) is 22.1 Å². The average Bonchev–Trinajstić information content (AvgIpc) is 2.86. The van der Waals surface area contributed by atoms with Crippen molar-refractivity contribution in [2.75, 3.05) is 18.9 Å². The molecule has 1 heterocycles. The van der Waals surface area contributed by atoms with Crippen LogP contribution in [0.3, 0.4) is 0 Å². The van der Waals surface area contributed by atoms with Crippen LogP contribution in [0.25, 0.3) is 0 Å². The summed E-state index contributed by atoms with van der Waals surface area (Å²) in [6, 6.07) is 0. The topological polar surface area (TPSA) is 116 Å². The van der Waals surface area contributed by atoms with Crippen molar-refractivity contribution in [2.24, 2.45) is 0 Å². The summed E-state index contributed by atoms with van der Waals surface area (Å²) in [5.74, 6) is 1.03. The summed E-state index contributed by atoms with van der Waals surface area (Å²) >= 11 is 8.04. The fraction of sp³-hybridized carbons (Fsp3) is 0.615. The van der Waals surface area contributed by atoms with Gasteiger partial charge in [-0.05, 0) is 18.8 Å². The number of carbonyl (C=O) groups excluding carboxylic acids is 2. The van der Waals surface area contributed by atoms with Crippen molar-refractivity contribution in [1.29, 1.82) is 0 Å². The Balaban J connectivity index is 0.000000470. The van der Waals surface area contributed by atoms with Gasteiger partial charge in [-0.3, -0.25) is 9.59 Å². The van der Waals surface area contributed by atoms with Gasteiger partial charge in [0.2, 0.25) is 5.91 Å². The fourth-order valence-corrected chi connectivity index (χ4v) is 1.65. The molecule has 0 aliphatic carbocycles. The molecular weight excluding hydrogens is 356 g/mol. The lowest BCUT2D eigenvalue weighted by Gasteiger charge is -2.15. The van der Waals surface area contributed by atoms with Gasteiger partial charge in [0.05, 0.1) is 4.75 Å². The fourth-order valence-electron chi connectivity index (χ4n) is 1.46. The number of thiol groups is 2. The Morgan fingerprint density at radius 2 is 2.21 bits per heavy atom. The van der Waals surface area contributed by atoms with Gasteiger partial charge in [0.15, 0.2) is 5.82 Å². The van der Waals surface area contributed by atoms with Gasteiger partial charge >= 0.3 is 5.82 Å². The van der Waals surface area contributed by atoms with Crippen LogP contribution in [0, 0.1) is 17.0 Å². The van der Waals surface area contributed by atoms with Crippen molar-refractivity contribution < 1.29 is 19.2 Å². The van der Waals surface area contributed by atoms with Crippen LogP contribution in [0.5, 0.6) is 0 Å². The lowest BCUT2D eigenvalue weighted by molar-refractivity contribution is -0.392. The molecule has 0 saturated heterocycles. The minimum absolute atomic E-state index is 0.0510. The highest BCUT2D eigenvalue weighted by atomic mass is 32.1. The molecule has 0 saturated carbocycles. The van der Waals surface area contributed by atoms with E-state index in [0.717, 1.165) is 0 Å². The highest BCUT2D eigenvalue weighted by Gasteiger charge is 2.21. The molecule has 0 spiro atoms. The minimum Gasteiger partial charge on any atom is -0.464 e. The van der Waals surface area contributed by atoms with Crippen LogP contribution in [0.1, 0.15) is 19.7 Å². The van der Waals surface area contributed by atoms with Gasteiger partial charge in [-0.15, -0.1) is 0 Å². The van der Waals surface area contributed by atoms with Gasteiger partial charge in [0.1, 0.15) is 19.3 Å². The van der Waals surface area contributed by atoms with Crippen LogP contribution in [0.4, 0.5) is 5.82 Å². The Labute approximate surface area is 151 Å². The molecule has 11 heteroatoms. The average molecular weight is 378 g/mol. The number of imidazole rings is 1. The Morgan fingerprint density at radius 3 is 2.67 bits per heavy atom. The summed E-state index contributed by atoms with van der Waals surface area (Å²) in [4.78, 5) is 34.6. The monoisotopic (exact) mass is 378 g/mol. The lowest BCUT2D eigenvalue weighted by atomic mass is 10.2. The van der Waals surface area contributed by atoms with E-state index < -0.39 is 9.67 Å². The minimum atomic E-state index is -0.580. The Hall–Kier alpha value is -1.75. The number of aromatic nitrogens is 2. The summed E-state index contributed by atoms with van der Waals surface area (Å²) in [5.41, 5.74) is 0. The van der Waals surface area contributed by atoms with E-state index in [4.69, 9.17) is 0 Å². The normalized spacial score (nSPS) is 10.4.